The van der Waals surface area contributed by atoms with Gasteiger partial charge in [0.1, 0.15) is 5.75 Å². The number of rotatable bonds is 4. The molecule has 3 aromatic rings. The van der Waals surface area contributed by atoms with Crippen LogP contribution in [-0.4, -0.2) is 26.5 Å². The Morgan fingerprint density at radius 1 is 1.07 bits per heavy atom. The van der Waals surface area contributed by atoms with Gasteiger partial charge in [-0.05, 0) is 29.8 Å². The summed E-state index contributed by atoms with van der Waals surface area (Å²) < 4.78 is 17.5. The zero-order valence-corrected chi connectivity index (χ0v) is 17.6. The summed E-state index contributed by atoms with van der Waals surface area (Å²) in [6.45, 7) is 0. The average Bonchev–Trinajstić information content (AvgIpc) is 3.10. The summed E-state index contributed by atoms with van der Waals surface area (Å²) in [7, 11) is 2.98. The maximum atomic E-state index is 12.3. The molecular formula is C23H20BrNO4. The van der Waals surface area contributed by atoms with Gasteiger partial charge in [0, 0.05) is 34.0 Å². The molecule has 1 aliphatic heterocycles. The number of hydrogen-bond donors (Lipinski definition) is 1. The Morgan fingerprint density at radius 3 is 2.52 bits per heavy atom. The number of fused-ring (bicyclic) bond motifs is 1. The summed E-state index contributed by atoms with van der Waals surface area (Å²) in [6.07, 6.45) is -0.442. The minimum absolute atomic E-state index is 0.0604. The molecule has 3 aromatic carbocycles. The number of anilines is 1. The van der Waals surface area contributed by atoms with Gasteiger partial charge in [-0.15, -0.1) is 0 Å². The van der Waals surface area contributed by atoms with Crippen molar-refractivity contribution in [2.45, 2.75) is 12.2 Å². The molecule has 0 spiro atoms. The Labute approximate surface area is 177 Å². The maximum absolute atomic E-state index is 12.3. The molecule has 1 heterocycles. The molecule has 0 aliphatic carbocycles. The van der Waals surface area contributed by atoms with Crippen molar-refractivity contribution in [3.05, 3.63) is 81.8 Å². The lowest BCUT2D eigenvalue weighted by Gasteiger charge is -2.17. The monoisotopic (exact) mass is 453 g/mol. The van der Waals surface area contributed by atoms with Crippen LogP contribution in [0.2, 0.25) is 0 Å². The maximum Gasteiger partial charge on any atom is 0.338 e. The van der Waals surface area contributed by atoms with E-state index in [1.807, 2.05) is 30.3 Å². The van der Waals surface area contributed by atoms with Crippen LogP contribution in [-0.2, 0) is 9.47 Å². The van der Waals surface area contributed by atoms with Gasteiger partial charge in [0.25, 0.3) is 0 Å². The van der Waals surface area contributed by atoms with Crippen LogP contribution >= 0.6 is 15.9 Å². The normalized spacial score (nSPS) is 17.5. The van der Waals surface area contributed by atoms with E-state index in [1.165, 1.54) is 7.11 Å². The number of nitrogens with two attached hydrogens (primary N) is 1. The Balaban J connectivity index is 1.88. The van der Waals surface area contributed by atoms with Gasteiger partial charge in [-0.3, -0.25) is 0 Å². The van der Waals surface area contributed by atoms with Gasteiger partial charge < -0.3 is 19.9 Å². The molecule has 0 saturated heterocycles. The molecule has 0 fully saturated rings. The van der Waals surface area contributed by atoms with E-state index in [0.717, 1.165) is 21.2 Å². The summed E-state index contributed by atoms with van der Waals surface area (Å²) in [6, 6.07) is 19.2. The molecular weight excluding hydrogens is 434 g/mol. The number of esters is 1. The third-order valence-electron chi connectivity index (χ3n) is 5.11. The second-order valence-electron chi connectivity index (χ2n) is 6.74. The van der Waals surface area contributed by atoms with Crippen molar-refractivity contribution >= 4 is 27.6 Å². The summed E-state index contributed by atoms with van der Waals surface area (Å²) >= 11 is 3.66. The predicted octanol–water partition coefficient (Wildman–Crippen LogP) is 4.98. The Hall–Kier alpha value is -2.83. The Bertz CT molecular complexity index is 1070. The Morgan fingerprint density at radius 2 is 1.83 bits per heavy atom. The molecule has 0 bridgehead atoms. The fourth-order valence-corrected chi connectivity index (χ4v) is 4.34. The van der Waals surface area contributed by atoms with Gasteiger partial charge in [0.15, 0.2) is 0 Å². The molecule has 5 nitrogen and oxygen atoms in total. The molecule has 0 aromatic heterocycles. The predicted molar refractivity (Wildman–Crippen MR) is 115 cm³/mol. The van der Waals surface area contributed by atoms with E-state index in [0.29, 0.717) is 22.6 Å². The second-order valence-corrected chi connectivity index (χ2v) is 7.60. The van der Waals surface area contributed by atoms with Gasteiger partial charge in [0.2, 0.25) is 6.29 Å². The van der Waals surface area contributed by atoms with E-state index in [2.05, 4.69) is 28.1 Å². The van der Waals surface area contributed by atoms with Crippen molar-refractivity contribution in [3.8, 4) is 16.9 Å². The van der Waals surface area contributed by atoms with Crippen LogP contribution in [0.3, 0.4) is 0 Å². The van der Waals surface area contributed by atoms with Crippen LogP contribution in [0.5, 0.6) is 5.75 Å². The van der Waals surface area contributed by atoms with E-state index in [1.54, 1.807) is 25.3 Å². The van der Waals surface area contributed by atoms with Crippen LogP contribution < -0.4 is 10.5 Å². The number of carbonyl (C=O) groups excluding carboxylic acids is 1. The first kappa shape index (κ1) is 19.5. The molecule has 1 aliphatic rings. The van der Waals surface area contributed by atoms with E-state index in [-0.39, 0.29) is 5.92 Å². The third kappa shape index (κ3) is 3.39. The van der Waals surface area contributed by atoms with Crippen molar-refractivity contribution in [1.82, 2.24) is 0 Å². The topological polar surface area (TPSA) is 70.8 Å². The summed E-state index contributed by atoms with van der Waals surface area (Å²) in [5, 5.41) is 0. The largest absolute Gasteiger partial charge is 0.465 e. The fraction of sp³-hybridized carbons (Fsp3) is 0.174. The first-order valence-corrected chi connectivity index (χ1v) is 9.89. The van der Waals surface area contributed by atoms with Crippen LogP contribution in [0.25, 0.3) is 11.1 Å². The highest BCUT2D eigenvalue weighted by Crippen LogP contribution is 2.48. The minimum Gasteiger partial charge on any atom is -0.465 e. The highest BCUT2D eigenvalue weighted by Gasteiger charge is 2.37. The quantitative estimate of drug-likeness (QED) is 0.445. The summed E-state index contributed by atoms with van der Waals surface area (Å²) in [5.41, 5.74) is 10.6. The zero-order valence-electron chi connectivity index (χ0n) is 16.0. The molecule has 2 atom stereocenters. The van der Waals surface area contributed by atoms with Crippen molar-refractivity contribution in [1.29, 1.82) is 0 Å². The molecule has 4 rings (SSSR count). The highest BCUT2D eigenvalue weighted by atomic mass is 79.9. The first-order valence-electron chi connectivity index (χ1n) is 9.10. The lowest BCUT2D eigenvalue weighted by Crippen LogP contribution is -2.21. The molecule has 0 amide bonds. The minimum atomic E-state index is -0.447. The lowest BCUT2D eigenvalue weighted by atomic mass is 9.90. The van der Waals surface area contributed by atoms with E-state index >= 15 is 0 Å². The van der Waals surface area contributed by atoms with Crippen LogP contribution in [0.4, 0.5) is 5.69 Å². The van der Waals surface area contributed by atoms with Crippen molar-refractivity contribution in [2.75, 3.05) is 20.0 Å². The van der Waals surface area contributed by atoms with Gasteiger partial charge >= 0.3 is 5.97 Å². The number of hydrogen-bond acceptors (Lipinski definition) is 5. The van der Waals surface area contributed by atoms with Crippen molar-refractivity contribution < 1.29 is 19.0 Å². The Kier molecular flexibility index (Phi) is 5.30. The van der Waals surface area contributed by atoms with Gasteiger partial charge in [-0.1, -0.05) is 52.3 Å². The number of benzene rings is 3. The standard InChI is InChI=1S/C23H20BrNO4/c1-27-22(26)14-9-6-10-18(25)21(14)15-12-19-16(11-17(15)24)20(23(28-2)29-19)13-7-4-3-5-8-13/h3-12,20,23H,25H2,1-2H3. The van der Waals surface area contributed by atoms with Gasteiger partial charge in [0.05, 0.1) is 18.6 Å². The molecule has 2 N–H and O–H groups in total. The molecule has 0 radical (unpaired) electrons. The number of halogens is 1. The smallest absolute Gasteiger partial charge is 0.338 e. The highest BCUT2D eigenvalue weighted by molar-refractivity contribution is 9.10. The fourth-order valence-electron chi connectivity index (χ4n) is 3.78. The van der Waals surface area contributed by atoms with Crippen molar-refractivity contribution in [2.24, 2.45) is 0 Å². The van der Waals surface area contributed by atoms with Crippen LogP contribution in [0.1, 0.15) is 27.4 Å². The summed E-state index contributed by atoms with van der Waals surface area (Å²) in [5.74, 6) is 0.190. The van der Waals surface area contributed by atoms with Gasteiger partial charge in [-0.25, -0.2) is 4.79 Å². The number of carbonyl (C=O) groups is 1. The average molecular weight is 454 g/mol. The van der Waals surface area contributed by atoms with Crippen LogP contribution in [0.15, 0.2) is 65.1 Å². The van der Waals surface area contributed by atoms with Crippen molar-refractivity contribution in [3.63, 3.8) is 0 Å². The molecule has 29 heavy (non-hydrogen) atoms. The first-order chi connectivity index (χ1) is 14.0. The van der Waals surface area contributed by atoms with Crippen LogP contribution in [0, 0.1) is 0 Å². The van der Waals surface area contributed by atoms with E-state index < -0.39 is 12.3 Å². The zero-order chi connectivity index (χ0) is 20.5. The second kappa shape index (κ2) is 7.89. The molecule has 2 unspecified atom stereocenters. The molecule has 0 saturated carbocycles. The number of methoxy groups -OCH3 is 2. The lowest BCUT2D eigenvalue weighted by molar-refractivity contribution is -0.0470. The number of nitrogen functional groups attached to an aromatic ring is 1. The summed E-state index contributed by atoms with van der Waals surface area (Å²) in [4.78, 5) is 12.3. The molecule has 6 heteroatoms. The number of ether oxygens (including phenoxy) is 3. The van der Waals surface area contributed by atoms with E-state index in [9.17, 15) is 4.79 Å². The van der Waals surface area contributed by atoms with E-state index in [4.69, 9.17) is 19.9 Å². The van der Waals surface area contributed by atoms with Gasteiger partial charge in [-0.2, -0.15) is 0 Å². The molecule has 148 valence electrons. The SMILES string of the molecule is COC(=O)c1cccc(N)c1-c1cc2c(cc1Br)C(c1ccccc1)C(OC)O2. The third-order valence-corrected chi connectivity index (χ3v) is 5.77.